The number of nitrogens with zero attached hydrogens (tertiary/aromatic N) is 2. The molecule has 6 heteroatoms. The normalized spacial score (nSPS) is 14.9. The van der Waals surface area contributed by atoms with Crippen molar-refractivity contribution in [2.24, 2.45) is 5.73 Å². The van der Waals surface area contributed by atoms with E-state index in [1.54, 1.807) is 6.07 Å². The molecule has 0 spiro atoms. The van der Waals surface area contributed by atoms with E-state index in [0.29, 0.717) is 17.1 Å². The van der Waals surface area contributed by atoms with Gasteiger partial charge in [-0.3, -0.25) is 4.79 Å². The molecule has 0 unspecified atom stereocenters. The van der Waals surface area contributed by atoms with E-state index in [2.05, 4.69) is 15.2 Å². The quantitative estimate of drug-likeness (QED) is 0.905. The number of hydrogen-bond acceptors (Lipinski definition) is 5. The molecule has 1 aliphatic heterocycles. The van der Waals surface area contributed by atoms with E-state index < -0.39 is 0 Å². The van der Waals surface area contributed by atoms with Crippen LogP contribution in [0.5, 0.6) is 0 Å². The molecule has 1 saturated heterocycles. The molecule has 0 aliphatic carbocycles. The Bertz CT molecular complexity index is 630. The fourth-order valence-electron chi connectivity index (χ4n) is 2.59. The molecule has 116 valence electrons. The van der Waals surface area contributed by atoms with Crippen LogP contribution in [0.3, 0.4) is 0 Å². The number of amides is 1. The highest BCUT2D eigenvalue weighted by molar-refractivity contribution is 6.03. The zero-order chi connectivity index (χ0) is 15.4. The number of carbonyl (C=O) groups excluding carboxylic acids is 1. The van der Waals surface area contributed by atoms with Crippen LogP contribution in [0.25, 0.3) is 0 Å². The summed E-state index contributed by atoms with van der Waals surface area (Å²) in [7, 11) is 0. The third-order valence-electron chi connectivity index (χ3n) is 3.83. The first-order chi connectivity index (χ1) is 10.8. The molecule has 1 aliphatic rings. The summed E-state index contributed by atoms with van der Waals surface area (Å²) in [4.78, 5) is 18.7. The first-order valence-electron chi connectivity index (χ1n) is 7.56. The van der Waals surface area contributed by atoms with Crippen molar-refractivity contribution in [2.45, 2.75) is 25.8 Å². The number of aromatic nitrogens is 1. The van der Waals surface area contributed by atoms with Crippen LogP contribution in [0.15, 0.2) is 35.1 Å². The number of furan rings is 1. The number of pyridine rings is 1. The molecule has 22 heavy (non-hydrogen) atoms. The Labute approximate surface area is 129 Å². The lowest BCUT2D eigenvalue weighted by Crippen LogP contribution is -2.29. The molecular formula is C16H20N4O2. The van der Waals surface area contributed by atoms with Gasteiger partial charge in [0.1, 0.15) is 17.8 Å². The van der Waals surface area contributed by atoms with Crippen molar-refractivity contribution in [2.75, 3.05) is 23.3 Å². The maximum atomic E-state index is 12.1. The van der Waals surface area contributed by atoms with Crippen LogP contribution in [0, 0.1) is 0 Å². The fraction of sp³-hybridized carbons (Fsp3) is 0.375. The van der Waals surface area contributed by atoms with Crippen LogP contribution in [-0.4, -0.2) is 24.0 Å². The summed E-state index contributed by atoms with van der Waals surface area (Å²) in [6, 6.07) is 5.46. The van der Waals surface area contributed by atoms with Gasteiger partial charge in [0.15, 0.2) is 0 Å². The van der Waals surface area contributed by atoms with Gasteiger partial charge in [-0.25, -0.2) is 4.98 Å². The van der Waals surface area contributed by atoms with E-state index in [1.807, 2.05) is 18.3 Å². The first kappa shape index (κ1) is 14.6. The van der Waals surface area contributed by atoms with Crippen molar-refractivity contribution in [1.82, 2.24) is 4.98 Å². The number of nitrogens with one attached hydrogen (secondary N) is 1. The summed E-state index contributed by atoms with van der Waals surface area (Å²) in [6.07, 6.45) is 6.96. The zero-order valence-electron chi connectivity index (χ0n) is 12.4. The summed E-state index contributed by atoms with van der Waals surface area (Å²) in [5, 5.41) is 2.76. The Balaban J connectivity index is 1.64. The van der Waals surface area contributed by atoms with E-state index in [-0.39, 0.29) is 12.5 Å². The highest BCUT2D eigenvalue weighted by Crippen LogP contribution is 2.20. The lowest BCUT2D eigenvalue weighted by Gasteiger charge is -2.28. The Kier molecular flexibility index (Phi) is 4.39. The van der Waals surface area contributed by atoms with Gasteiger partial charge >= 0.3 is 0 Å². The predicted octanol–water partition coefficient (Wildman–Crippen LogP) is 2.38. The number of carbonyl (C=O) groups is 1. The highest BCUT2D eigenvalue weighted by Gasteiger charge is 2.13. The SMILES string of the molecule is NCc1cc(C(=O)Nc2ccc(N3CCCCC3)cn2)co1. The number of piperidine rings is 1. The maximum absolute atomic E-state index is 12.1. The largest absolute Gasteiger partial charge is 0.467 e. The lowest BCUT2D eigenvalue weighted by molar-refractivity contribution is 0.102. The Morgan fingerprint density at radius 1 is 1.32 bits per heavy atom. The molecule has 0 saturated carbocycles. The minimum atomic E-state index is -0.248. The van der Waals surface area contributed by atoms with E-state index in [9.17, 15) is 4.79 Å². The number of rotatable bonds is 4. The molecule has 0 atom stereocenters. The van der Waals surface area contributed by atoms with Gasteiger partial charge in [-0.15, -0.1) is 0 Å². The van der Waals surface area contributed by atoms with Crippen molar-refractivity contribution in [3.63, 3.8) is 0 Å². The van der Waals surface area contributed by atoms with Gasteiger partial charge in [0, 0.05) is 13.1 Å². The fourth-order valence-corrected chi connectivity index (χ4v) is 2.59. The van der Waals surface area contributed by atoms with Crippen LogP contribution in [0.1, 0.15) is 35.4 Å². The van der Waals surface area contributed by atoms with Crippen LogP contribution >= 0.6 is 0 Å². The molecule has 1 amide bonds. The molecule has 0 bridgehead atoms. The second kappa shape index (κ2) is 6.62. The topological polar surface area (TPSA) is 84.4 Å². The van der Waals surface area contributed by atoms with Gasteiger partial charge in [0.05, 0.1) is 24.0 Å². The molecule has 2 aromatic heterocycles. The van der Waals surface area contributed by atoms with Gasteiger partial charge in [-0.05, 0) is 37.5 Å². The van der Waals surface area contributed by atoms with Crippen molar-refractivity contribution < 1.29 is 9.21 Å². The molecule has 0 aromatic carbocycles. The van der Waals surface area contributed by atoms with E-state index in [0.717, 1.165) is 18.8 Å². The Hall–Kier alpha value is -2.34. The predicted molar refractivity (Wildman–Crippen MR) is 84.9 cm³/mol. The van der Waals surface area contributed by atoms with E-state index >= 15 is 0 Å². The van der Waals surface area contributed by atoms with Gasteiger partial charge in [-0.2, -0.15) is 0 Å². The van der Waals surface area contributed by atoms with Crippen molar-refractivity contribution in [3.8, 4) is 0 Å². The second-order valence-corrected chi connectivity index (χ2v) is 5.41. The lowest BCUT2D eigenvalue weighted by atomic mass is 10.1. The summed E-state index contributed by atoms with van der Waals surface area (Å²) >= 11 is 0. The van der Waals surface area contributed by atoms with Crippen LogP contribution in [0.2, 0.25) is 0 Å². The van der Waals surface area contributed by atoms with E-state index in [4.69, 9.17) is 10.2 Å². The van der Waals surface area contributed by atoms with Crippen LogP contribution in [0.4, 0.5) is 11.5 Å². The minimum Gasteiger partial charge on any atom is -0.467 e. The minimum absolute atomic E-state index is 0.248. The third-order valence-corrected chi connectivity index (χ3v) is 3.83. The molecule has 3 rings (SSSR count). The molecular weight excluding hydrogens is 280 g/mol. The summed E-state index contributed by atoms with van der Waals surface area (Å²) < 4.78 is 5.16. The smallest absolute Gasteiger partial charge is 0.260 e. The maximum Gasteiger partial charge on any atom is 0.260 e. The average Bonchev–Trinajstić information content (AvgIpc) is 3.06. The summed E-state index contributed by atoms with van der Waals surface area (Å²) in [6.45, 7) is 2.42. The molecule has 3 heterocycles. The molecule has 6 nitrogen and oxygen atoms in total. The van der Waals surface area contributed by atoms with Gasteiger partial charge in [0.2, 0.25) is 0 Å². The average molecular weight is 300 g/mol. The number of hydrogen-bond donors (Lipinski definition) is 2. The van der Waals surface area contributed by atoms with Crippen LogP contribution in [-0.2, 0) is 6.54 Å². The van der Waals surface area contributed by atoms with Crippen molar-refractivity contribution in [1.29, 1.82) is 0 Å². The van der Waals surface area contributed by atoms with Gasteiger partial charge in [-0.1, -0.05) is 0 Å². The highest BCUT2D eigenvalue weighted by atomic mass is 16.3. The first-order valence-corrected chi connectivity index (χ1v) is 7.56. The molecule has 0 radical (unpaired) electrons. The number of nitrogens with two attached hydrogens (primary N) is 1. The zero-order valence-corrected chi connectivity index (χ0v) is 12.4. The van der Waals surface area contributed by atoms with Gasteiger partial charge < -0.3 is 20.4 Å². The molecule has 3 N–H and O–H groups in total. The molecule has 2 aromatic rings. The standard InChI is InChI=1S/C16H20N4O2/c17-9-14-8-12(11-22-14)16(21)19-15-5-4-13(10-18-15)20-6-2-1-3-7-20/h4-5,8,10-11H,1-3,6-7,9,17H2,(H,18,19,21). The second-order valence-electron chi connectivity index (χ2n) is 5.41. The summed E-state index contributed by atoms with van der Waals surface area (Å²) in [5.41, 5.74) is 7.01. The van der Waals surface area contributed by atoms with Crippen molar-refractivity contribution >= 4 is 17.4 Å². The van der Waals surface area contributed by atoms with Crippen molar-refractivity contribution in [3.05, 3.63) is 42.0 Å². The monoisotopic (exact) mass is 300 g/mol. The molecule has 1 fully saturated rings. The Morgan fingerprint density at radius 3 is 2.77 bits per heavy atom. The Morgan fingerprint density at radius 2 is 2.14 bits per heavy atom. The van der Waals surface area contributed by atoms with Gasteiger partial charge in [0.25, 0.3) is 5.91 Å². The van der Waals surface area contributed by atoms with Crippen LogP contribution < -0.4 is 16.0 Å². The third kappa shape index (κ3) is 3.28. The summed E-state index contributed by atoms with van der Waals surface area (Å²) in [5.74, 6) is 0.862. The number of anilines is 2. The van der Waals surface area contributed by atoms with E-state index in [1.165, 1.54) is 25.5 Å².